The van der Waals surface area contributed by atoms with Gasteiger partial charge in [-0.2, -0.15) is 10.2 Å². The Kier molecular flexibility index (Phi) is 5.48. The summed E-state index contributed by atoms with van der Waals surface area (Å²) in [4.78, 5) is 12.2. The number of hydrogen-bond donors (Lipinski definition) is 1. The maximum Gasteiger partial charge on any atom is 0.243 e. The molecule has 5 nitrogen and oxygen atoms in total. The minimum Gasteiger partial charge on any atom is -0.381 e. The summed E-state index contributed by atoms with van der Waals surface area (Å²) in [5.41, 5.74) is -0.0510. The summed E-state index contributed by atoms with van der Waals surface area (Å²) >= 11 is 0. The lowest BCUT2D eigenvalue weighted by molar-refractivity contribution is -0.117. The second-order valence-electron chi connectivity index (χ2n) is 6.74. The van der Waals surface area contributed by atoms with Gasteiger partial charge in [0, 0.05) is 44.1 Å². The number of ether oxygens (including phenoxy) is 1. The smallest absolute Gasteiger partial charge is 0.243 e. The van der Waals surface area contributed by atoms with E-state index in [1.165, 1.54) is 12.1 Å². The van der Waals surface area contributed by atoms with E-state index in [-0.39, 0.29) is 17.1 Å². The van der Waals surface area contributed by atoms with Crippen LogP contribution in [0.4, 0.5) is 4.39 Å². The van der Waals surface area contributed by atoms with Crippen LogP contribution in [0.3, 0.4) is 0 Å². The fraction of sp³-hybridized carbons (Fsp3) is 0.450. The van der Waals surface area contributed by atoms with Crippen LogP contribution in [0, 0.1) is 18.2 Å². The molecule has 6 heteroatoms. The quantitative estimate of drug-likeness (QED) is 0.603. The monoisotopic (exact) mass is 355 g/mol. The van der Waals surface area contributed by atoms with Crippen molar-refractivity contribution in [2.75, 3.05) is 19.8 Å². The topological polar surface area (TPSA) is 63.0 Å². The second-order valence-corrected chi connectivity index (χ2v) is 6.74. The number of halogens is 1. The normalized spacial score (nSPS) is 19.8. The number of nitrogens with zero attached hydrogens (tertiary/aromatic N) is 2. The van der Waals surface area contributed by atoms with Crippen LogP contribution < -0.4 is 5.32 Å². The van der Waals surface area contributed by atoms with Crippen LogP contribution in [0.25, 0.3) is 0 Å². The molecular weight excluding hydrogens is 333 g/mol. The molecular formula is C20H22FN3O2. The van der Waals surface area contributed by atoms with Crippen molar-refractivity contribution >= 4 is 5.91 Å². The van der Waals surface area contributed by atoms with Crippen LogP contribution in [-0.2, 0) is 14.9 Å². The lowest BCUT2D eigenvalue weighted by atomic mass is 9.74. The zero-order valence-corrected chi connectivity index (χ0v) is 14.6. The molecule has 2 aliphatic rings. The SMILES string of the molecule is C#CCCC1(C=CC(=O)NCC2(c3cccc(F)c3)CCOCC2)N=N1. The minimum atomic E-state index is -0.622. The van der Waals surface area contributed by atoms with Gasteiger partial charge in [-0.15, -0.1) is 12.3 Å². The summed E-state index contributed by atoms with van der Waals surface area (Å²) in [6.45, 7) is 1.61. The van der Waals surface area contributed by atoms with Gasteiger partial charge in [-0.3, -0.25) is 4.79 Å². The predicted molar refractivity (Wildman–Crippen MR) is 95.9 cm³/mol. The molecule has 1 N–H and O–H groups in total. The number of rotatable bonds is 7. The van der Waals surface area contributed by atoms with Crippen molar-refractivity contribution in [3.8, 4) is 12.3 Å². The Bertz CT molecular complexity index is 755. The lowest BCUT2D eigenvalue weighted by Crippen LogP contribution is -2.44. The molecule has 1 amide bonds. The molecule has 26 heavy (non-hydrogen) atoms. The molecule has 136 valence electrons. The molecule has 0 unspecified atom stereocenters. The summed E-state index contributed by atoms with van der Waals surface area (Å²) in [7, 11) is 0. The summed E-state index contributed by atoms with van der Waals surface area (Å²) in [6.07, 6.45) is 11.0. The first-order chi connectivity index (χ1) is 12.6. The molecule has 2 heterocycles. The Morgan fingerprint density at radius 3 is 2.81 bits per heavy atom. The molecule has 2 aliphatic heterocycles. The van der Waals surface area contributed by atoms with Crippen molar-refractivity contribution in [2.24, 2.45) is 10.2 Å². The summed E-state index contributed by atoms with van der Waals surface area (Å²) in [6, 6.07) is 6.59. The van der Waals surface area contributed by atoms with Gasteiger partial charge in [0.05, 0.1) is 0 Å². The summed E-state index contributed by atoms with van der Waals surface area (Å²) < 4.78 is 19.1. The number of benzene rings is 1. The Morgan fingerprint density at radius 2 is 2.15 bits per heavy atom. The minimum absolute atomic E-state index is 0.218. The highest BCUT2D eigenvalue weighted by atomic mass is 19.1. The highest BCUT2D eigenvalue weighted by Gasteiger charge is 2.37. The standard InChI is InChI=1S/C20H22FN3O2/c1-2-3-8-20(23-24-20)9-7-18(25)22-15-19(10-12-26-13-11-19)16-5-4-6-17(21)14-16/h1,4-7,9,14H,3,8,10-13,15H2,(H,22,25). The fourth-order valence-electron chi connectivity index (χ4n) is 3.24. The first-order valence-electron chi connectivity index (χ1n) is 8.76. The van der Waals surface area contributed by atoms with Gasteiger partial charge in [0.2, 0.25) is 11.6 Å². The molecule has 0 saturated carbocycles. The number of carbonyl (C=O) groups is 1. The molecule has 1 saturated heterocycles. The molecule has 3 rings (SSSR count). The number of carbonyl (C=O) groups excluding carboxylic acids is 1. The number of hydrogen-bond acceptors (Lipinski definition) is 4. The number of nitrogens with one attached hydrogen (secondary N) is 1. The average Bonchev–Trinajstić information content (AvgIpc) is 3.44. The van der Waals surface area contributed by atoms with E-state index in [1.54, 1.807) is 18.2 Å². The number of terminal acetylenes is 1. The predicted octanol–water partition coefficient (Wildman–Crippen LogP) is 3.12. The van der Waals surface area contributed by atoms with Crippen molar-refractivity contribution < 1.29 is 13.9 Å². The van der Waals surface area contributed by atoms with Crippen molar-refractivity contribution in [1.82, 2.24) is 5.32 Å². The van der Waals surface area contributed by atoms with Gasteiger partial charge in [0.1, 0.15) is 5.82 Å². The highest BCUT2D eigenvalue weighted by molar-refractivity contribution is 5.87. The average molecular weight is 355 g/mol. The van der Waals surface area contributed by atoms with Gasteiger partial charge in [0.15, 0.2) is 0 Å². The summed E-state index contributed by atoms with van der Waals surface area (Å²) in [5.74, 6) is 2.06. The molecule has 1 aromatic rings. The van der Waals surface area contributed by atoms with Crippen molar-refractivity contribution in [3.05, 3.63) is 47.8 Å². The maximum atomic E-state index is 13.7. The highest BCUT2D eigenvalue weighted by Crippen LogP contribution is 2.35. The van der Waals surface area contributed by atoms with E-state index in [4.69, 9.17) is 11.2 Å². The number of amides is 1. The van der Waals surface area contributed by atoms with Crippen LogP contribution in [0.5, 0.6) is 0 Å². The molecule has 1 aromatic carbocycles. The Balaban J connectivity index is 1.63. The molecule has 0 aromatic heterocycles. The molecule has 0 atom stereocenters. The van der Waals surface area contributed by atoms with E-state index < -0.39 is 5.66 Å². The fourth-order valence-corrected chi connectivity index (χ4v) is 3.24. The third kappa shape index (κ3) is 4.36. The van der Waals surface area contributed by atoms with Crippen LogP contribution in [0.15, 0.2) is 46.6 Å². The van der Waals surface area contributed by atoms with E-state index in [9.17, 15) is 9.18 Å². The molecule has 0 bridgehead atoms. The van der Waals surface area contributed by atoms with Crippen molar-refractivity contribution in [2.45, 2.75) is 36.8 Å². The third-order valence-corrected chi connectivity index (χ3v) is 4.98. The molecule has 0 aliphatic carbocycles. The van der Waals surface area contributed by atoms with E-state index in [0.29, 0.717) is 32.6 Å². The van der Waals surface area contributed by atoms with E-state index in [2.05, 4.69) is 21.5 Å². The summed E-state index contributed by atoms with van der Waals surface area (Å²) in [5, 5.41) is 10.9. The van der Waals surface area contributed by atoms with Crippen LogP contribution >= 0.6 is 0 Å². The molecule has 0 spiro atoms. The van der Waals surface area contributed by atoms with Gasteiger partial charge >= 0.3 is 0 Å². The van der Waals surface area contributed by atoms with Crippen LogP contribution in [0.2, 0.25) is 0 Å². The lowest BCUT2D eigenvalue weighted by Gasteiger charge is -2.37. The maximum absolute atomic E-state index is 13.7. The van der Waals surface area contributed by atoms with Gasteiger partial charge in [-0.25, -0.2) is 4.39 Å². The Morgan fingerprint density at radius 1 is 1.38 bits per heavy atom. The van der Waals surface area contributed by atoms with Gasteiger partial charge in [0.25, 0.3) is 0 Å². The van der Waals surface area contributed by atoms with Gasteiger partial charge in [-0.05, 0) is 36.6 Å². The second kappa shape index (κ2) is 7.79. The van der Waals surface area contributed by atoms with E-state index in [1.807, 2.05) is 6.07 Å². The third-order valence-electron chi connectivity index (χ3n) is 4.98. The Hall–Kier alpha value is -2.52. The molecule has 1 fully saturated rings. The van der Waals surface area contributed by atoms with Crippen LogP contribution in [0.1, 0.15) is 31.2 Å². The van der Waals surface area contributed by atoms with Gasteiger partial charge in [-0.1, -0.05) is 12.1 Å². The van der Waals surface area contributed by atoms with Crippen molar-refractivity contribution in [1.29, 1.82) is 0 Å². The first kappa shape index (κ1) is 18.3. The first-order valence-corrected chi connectivity index (χ1v) is 8.76. The van der Waals surface area contributed by atoms with Crippen molar-refractivity contribution in [3.63, 3.8) is 0 Å². The van der Waals surface area contributed by atoms with Crippen LogP contribution in [-0.4, -0.2) is 31.3 Å². The van der Waals surface area contributed by atoms with Gasteiger partial charge < -0.3 is 10.1 Å². The zero-order valence-electron chi connectivity index (χ0n) is 14.6. The Labute approximate surface area is 152 Å². The molecule has 0 radical (unpaired) electrons. The van der Waals surface area contributed by atoms with E-state index in [0.717, 1.165) is 18.4 Å². The largest absolute Gasteiger partial charge is 0.381 e. The van der Waals surface area contributed by atoms with E-state index >= 15 is 0 Å². The zero-order chi connectivity index (χ0) is 18.5.